The number of rotatable bonds is 3. The summed E-state index contributed by atoms with van der Waals surface area (Å²) in [5, 5.41) is 11.6. The van der Waals surface area contributed by atoms with Crippen molar-refractivity contribution < 1.29 is 19.1 Å². The minimum absolute atomic E-state index is 0.0771. The van der Waals surface area contributed by atoms with Crippen molar-refractivity contribution in [1.82, 2.24) is 10.2 Å². The number of carbonyl (C=O) groups excluding carboxylic acids is 1. The summed E-state index contributed by atoms with van der Waals surface area (Å²) in [6.45, 7) is 2.50. The van der Waals surface area contributed by atoms with E-state index < -0.39 is 11.9 Å². The standard InChI is InChI=1S/C14H17FN2O3/c1-9-7-17(8-11(9)13(18)19)14(20)16-6-10-4-2-3-5-12(10)15/h2-5,9,11H,6-8H2,1H3,(H,16,20)(H,18,19). The molecular weight excluding hydrogens is 263 g/mol. The van der Waals surface area contributed by atoms with Crippen LogP contribution in [0, 0.1) is 17.7 Å². The van der Waals surface area contributed by atoms with Crippen LogP contribution in [0.4, 0.5) is 9.18 Å². The van der Waals surface area contributed by atoms with Gasteiger partial charge in [0, 0.05) is 25.2 Å². The van der Waals surface area contributed by atoms with Crippen molar-refractivity contribution in [2.24, 2.45) is 11.8 Å². The van der Waals surface area contributed by atoms with Crippen LogP contribution in [0.1, 0.15) is 12.5 Å². The van der Waals surface area contributed by atoms with Gasteiger partial charge in [-0.3, -0.25) is 4.79 Å². The van der Waals surface area contributed by atoms with E-state index in [1.807, 2.05) is 6.92 Å². The van der Waals surface area contributed by atoms with Gasteiger partial charge in [0.15, 0.2) is 0 Å². The number of benzene rings is 1. The second kappa shape index (κ2) is 5.90. The largest absolute Gasteiger partial charge is 0.481 e. The van der Waals surface area contributed by atoms with Gasteiger partial charge in [0.05, 0.1) is 5.92 Å². The number of urea groups is 1. The SMILES string of the molecule is CC1CN(C(=O)NCc2ccccc2F)CC1C(=O)O. The fraction of sp³-hybridized carbons (Fsp3) is 0.429. The molecule has 1 aliphatic heterocycles. The monoisotopic (exact) mass is 280 g/mol. The fourth-order valence-electron chi connectivity index (χ4n) is 2.38. The molecule has 1 aromatic carbocycles. The summed E-state index contributed by atoms with van der Waals surface area (Å²) in [4.78, 5) is 24.4. The molecular formula is C14H17FN2O3. The summed E-state index contributed by atoms with van der Waals surface area (Å²) >= 11 is 0. The molecule has 0 saturated carbocycles. The Morgan fingerprint density at radius 3 is 2.70 bits per heavy atom. The summed E-state index contributed by atoms with van der Waals surface area (Å²) in [7, 11) is 0. The second-order valence-corrected chi connectivity index (χ2v) is 5.08. The molecule has 0 bridgehead atoms. The van der Waals surface area contributed by atoms with Crippen LogP contribution in [0.25, 0.3) is 0 Å². The van der Waals surface area contributed by atoms with E-state index in [1.54, 1.807) is 18.2 Å². The van der Waals surface area contributed by atoms with Gasteiger partial charge in [-0.15, -0.1) is 0 Å². The van der Waals surface area contributed by atoms with Gasteiger partial charge in [-0.2, -0.15) is 0 Å². The Morgan fingerprint density at radius 1 is 1.40 bits per heavy atom. The molecule has 2 atom stereocenters. The lowest BCUT2D eigenvalue weighted by molar-refractivity contribution is -0.142. The van der Waals surface area contributed by atoms with Gasteiger partial charge in [0.2, 0.25) is 0 Å². The third-order valence-corrected chi connectivity index (χ3v) is 3.60. The Morgan fingerprint density at radius 2 is 2.10 bits per heavy atom. The highest BCUT2D eigenvalue weighted by molar-refractivity contribution is 5.77. The first-order chi connectivity index (χ1) is 9.49. The smallest absolute Gasteiger partial charge is 0.317 e. The highest BCUT2D eigenvalue weighted by Crippen LogP contribution is 2.23. The zero-order valence-corrected chi connectivity index (χ0v) is 11.2. The highest BCUT2D eigenvalue weighted by atomic mass is 19.1. The molecule has 0 spiro atoms. The molecule has 6 heteroatoms. The lowest BCUT2D eigenvalue weighted by Crippen LogP contribution is -2.38. The van der Waals surface area contributed by atoms with E-state index in [1.165, 1.54) is 11.0 Å². The molecule has 2 amide bonds. The quantitative estimate of drug-likeness (QED) is 0.885. The van der Waals surface area contributed by atoms with Crippen molar-refractivity contribution >= 4 is 12.0 Å². The van der Waals surface area contributed by atoms with Crippen molar-refractivity contribution in [2.75, 3.05) is 13.1 Å². The summed E-state index contributed by atoms with van der Waals surface area (Å²) in [6.07, 6.45) is 0. The number of halogens is 1. The Balaban J connectivity index is 1.90. The van der Waals surface area contributed by atoms with Crippen molar-refractivity contribution in [2.45, 2.75) is 13.5 Å². The maximum atomic E-state index is 13.4. The number of hydrogen-bond acceptors (Lipinski definition) is 2. The summed E-state index contributed by atoms with van der Waals surface area (Å²) in [5.74, 6) is -1.87. The normalized spacial score (nSPS) is 21.8. The van der Waals surface area contributed by atoms with Crippen LogP contribution in [-0.4, -0.2) is 35.1 Å². The van der Waals surface area contributed by atoms with E-state index in [2.05, 4.69) is 5.32 Å². The number of hydrogen-bond donors (Lipinski definition) is 2. The molecule has 5 nitrogen and oxygen atoms in total. The van der Waals surface area contributed by atoms with Crippen LogP contribution in [0.2, 0.25) is 0 Å². The number of carboxylic acids is 1. The lowest BCUT2D eigenvalue weighted by Gasteiger charge is -2.17. The number of carbonyl (C=O) groups is 2. The van der Waals surface area contributed by atoms with E-state index >= 15 is 0 Å². The Kier molecular flexibility index (Phi) is 4.22. The molecule has 1 fully saturated rings. The molecule has 0 aromatic heterocycles. The van der Waals surface area contributed by atoms with Crippen molar-refractivity contribution in [3.63, 3.8) is 0 Å². The minimum Gasteiger partial charge on any atom is -0.481 e. The van der Waals surface area contributed by atoms with E-state index in [0.29, 0.717) is 12.1 Å². The number of aliphatic carboxylic acids is 1. The van der Waals surface area contributed by atoms with E-state index in [-0.39, 0.29) is 30.9 Å². The van der Waals surface area contributed by atoms with E-state index in [9.17, 15) is 14.0 Å². The number of carboxylic acid groups (broad SMARTS) is 1. The Bertz CT molecular complexity index is 521. The van der Waals surface area contributed by atoms with Crippen molar-refractivity contribution in [3.8, 4) is 0 Å². The van der Waals surface area contributed by atoms with Gasteiger partial charge in [0.1, 0.15) is 5.82 Å². The molecule has 20 heavy (non-hydrogen) atoms. The summed E-state index contributed by atoms with van der Waals surface area (Å²) in [5.41, 5.74) is 0.405. The first-order valence-electron chi connectivity index (χ1n) is 6.48. The molecule has 1 saturated heterocycles. The predicted octanol–water partition coefficient (Wildman–Crippen LogP) is 1.69. The number of likely N-dealkylation sites (tertiary alicyclic amines) is 1. The molecule has 0 aliphatic carbocycles. The van der Waals surface area contributed by atoms with Gasteiger partial charge in [0.25, 0.3) is 0 Å². The highest BCUT2D eigenvalue weighted by Gasteiger charge is 2.36. The zero-order valence-electron chi connectivity index (χ0n) is 11.2. The van der Waals surface area contributed by atoms with Gasteiger partial charge in [-0.25, -0.2) is 9.18 Å². The van der Waals surface area contributed by atoms with Gasteiger partial charge in [-0.1, -0.05) is 25.1 Å². The van der Waals surface area contributed by atoms with Crippen molar-refractivity contribution in [3.05, 3.63) is 35.6 Å². The van der Waals surface area contributed by atoms with Crippen LogP contribution in [0.15, 0.2) is 24.3 Å². The molecule has 0 radical (unpaired) electrons. The van der Waals surface area contributed by atoms with Gasteiger partial charge < -0.3 is 15.3 Å². The summed E-state index contributed by atoms with van der Waals surface area (Å²) < 4.78 is 13.4. The first kappa shape index (κ1) is 14.3. The zero-order chi connectivity index (χ0) is 14.7. The Hall–Kier alpha value is -2.11. The average Bonchev–Trinajstić information content (AvgIpc) is 2.80. The molecule has 1 aromatic rings. The third kappa shape index (κ3) is 3.07. The number of nitrogens with zero attached hydrogens (tertiary/aromatic N) is 1. The van der Waals surface area contributed by atoms with E-state index in [4.69, 9.17) is 5.11 Å². The van der Waals surface area contributed by atoms with Crippen LogP contribution < -0.4 is 5.32 Å². The maximum Gasteiger partial charge on any atom is 0.317 e. The topological polar surface area (TPSA) is 69.6 Å². The molecule has 2 N–H and O–H groups in total. The molecule has 1 aliphatic rings. The molecule has 1 heterocycles. The second-order valence-electron chi connectivity index (χ2n) is 5.08. The van der Waals surface area contributed by atoms with Crippen LogP contribution >= 0.6 is 0 Å². The summed E-state index contributed by atoms with van der Waals surface area (Å²) in [6, 6.07) is 5.86. The van der Waals surface area contributed by atoms with E-state index in [0.717, 1.165) is 0 Å². The molecule has 108 valence electrons. The van der Waals surface area contributed by atoms with Crippen LogP contribution in [0.3, 0.4) is 0 Å². The number of amides is 2. The Labute approximate surface area is 116 Å². The lowest BCUT2D eigenvalue weighted by atomic mass is 9.99. The van der Waals surface area contributed by atoms with Crippen molar-refractivity contribution in [1.29, 1.82) is 0 Å². The first-order valence-corrected chi connectivity index (χ1v) is 6.48. The maximum absolute atomic E-state index is 13.4. The fourth-order valence-corrected chi connectivity index (χ4v) is 2.38. The predicted molar refractivity (Wildman–Crippen MR) is 70.5 cm³/mol. The van der Waals surface area contributed by atoms with Crippen LogP contribution in [-0.2, 0) is 11.3 Å². The van der Waals surface area contributed by atoms with Crippen LogP contribution in [0.5, 0.6) is 0 Å². The molecule has 2 rings (SSSR count). The minimum atomic E-state index is -0.887. The number of nitrogens with one attached hydrogen (secondary N) is 1. The van der Waals surface area contributed by atoms with Gasteiger partial charge >= 0.3 is 12.0 Å². The third-order valence-electron chi connectivity index (χ3n) is 3.60. The average molecular weight is 280 g/mol. The molecule has 2 unspecified atom stereocenters. The van der Waals surface area contributed by atoms with Gasteiger partial charge in [-0.05, 0) is 12.0 Å².